The number of hydrogen-bond acceptors (Lipinski definition) is 1. The molecule has 0 aromatic carbocycles. The molecular weight excluding hydrogens is 152 g/mol. The lowest BCUT2D eigenvalue weighted by Crippen LogP contribution is -2.49. The Morgan fingerprint density at radius 1 is 1.50 bits per heavy atom. The van der Waals surface area contributed by atoms with Gasteiger partial charge in [0.2, 0.25) is 0 Å². The van der Waals surface area contributed by atoms with Crippen molar-refractivity contribution in [2.24, 2.45) is 0 Å². The smallest absolute Gasteiger partial charge is 0.318 e. The van der Waals surface area contributed by atoms with Crippen LogP contribution in [-0.4, -0.2) is 29.1 Å². The van der Waals surface area contributed by atoms with Gasteiger partial charge in [-0.1, -0.05) is 0 Å². The Morgan fingerprint density at radius 2 is 2.17 bits per heavy atom. The normalized spacial score (nSPS) is 26.2. The van der Waals surface area contributed by atoms with E-state index in [4.69, 9.17) is 0 Å². The van der Waals surface area contributed by atoms with Crippen LogP contribution in [-0.2, 0) is 0 Å². The second-order valence-corrected chi connectivity index (χ2v) is 4.29. The van der Waals surface area contributed by atoms with Crippen molar-refractivity contribution in [3.05, 3.63) is 0 Å². The average molecular weight is 168 g/mol. The molecule has 2 aliphatic rings. The van der Waals surface area contributed by atoms with E-state index in [1.54, 1.807) is 0 Å². The molecule has 1 saturated heterocycles. The van der Waals surface area contributed by atoms with E-state index in [2.05, 4.69) is 19.2 Å². The first-order valence-corrected chi connectivity index (χ1v) is 4.72. The van der Waals surface area contributed by atoms with Crippen molar-refractivity contribution in [2.75, 3.05) is 6.54 Å². The summed E-state index contributed by atoms with van der Waals surface area (Å²) in [6.45, 7) is 5.05. The lowest BCUT2D eigenvalue weighted by Gasteiger charge is -2.37. The molecule has 1 N–H and O–H groups in total. The lowest BCUT2D eigenvalue weighted by atomic mass is 9.77. The number of nitrogens with zero attached hydrogens (tertiary/aromatic N) is 1. The van der Waals surface area contributed by atoms with Gasteiger partial charge >= 0.3 is 6.03 Å². The van der Waals surface area contributed by atoms with Gasteiger partial charge < -0.3 is 10.2 Å². The number of rotatable bonds is 1. The van der Waals surface area contributed by atoms with Gasteiger partial charge in [-0.05, 0) is 33.1 Å². The van der Waals surface area contributed by atoms with E-state index < -0.39 is 0 Å². The summed E-state index contributed by atoms with van der Waals surface area (Å²) >= 11 is 0. The molecule has 0 unspecified atom stereocenters. The number of amides is 2. The number of hydrogen-bond donors (Lipinski definition) is 1. The molecule has 1 aliphatic heterocycles. The Morgan fingerprint density at radius 3 is 2.42 bits per heavy atom. The summed E-state index contributed by atoms with van der Waals surface area (Å²) < 4.78 is 0. The molecule has 3 nitrogen and oxygen atoms in total. The van der Waals surface area contributed by atoms with Crippen LogP contribution < -0.4 is 5.32 Å². The van der Waals surface area contributed by atoms with Crippen LogP contribution in [0.3, 0.4) is 0 Å². The quantitative estimate of drug-likeness (QED) is 0.629. The molecule has 0 radical (unpaired) electrons. The second kappa shape index (κ2) is 2.38. The number of carbonyl (C=O) groups excluding carboxylic acids is 1. The molecule has 1 aliphatic carbocycles. The highest BCUT2D eigenvalue weighted by Gasteiger charge is 2.47. The van der Waals surface area contributed by atoms with Crippen LogP contribution in [0.15, 0.2) is 0 Å². The lowest BCUT2D eigenvalue weighted by molar-refractivity contribution is 0.193. The minimum Gasteiger partial charge on any atom is -0.331 e. The molecule has 0 atom stereocenters. The molecule has 0 bridgehead atoms. The zero-order valence-electron chi connectivity index (χ0n) is 7.76. The van der Waals surface area contributed by atoms with Gasteiger partial charge in [-0.2, -0.15) is 0 Å². The van der Waals surface area contributed by atoms with Gasteiger partial charge in [0, 0.05) is 12.6 Å². The van der Waals surface area contributed by atoms with Crippen LogP contribution in [0.4, 0.5) is 4.79 Å². The predicted octanol–water partition coefficient (Wildman–Crippen LogP) is 1.34. The Balaban J connectivity index is 2.07. The van der Waals surface area contributed by atoms with E-state index in [1.165, 1.54) is 19.3 Å². The highest BCUT2D eigenvalue weighted by atomic mass is 16.2. The summed E-state index contributed by atoms with van der Waals surface area (Å²) in [4.78, 5) is 13.4. The molecule has 0 aromatic rings. The van der Waals surface area contributed by atoms with Crippen LogP contribution in [0, 0.1) is 0 Å². The Labute approximate surface area is 73.1 Å². The van der Waals surface area contributed by atoms with Crippen LogP contribution in [0.1, 0.15) is 33.1 Å². The van der Waals surface area contributed by atoms with Crippen molar-refractivity contribution in [3.8, 4) is 0 Å². The van der Waals surface area contributed by atoms with Crippen molar-refractivity contribution >= 4 is 6.03 Å². The summed E-state index contributed by atoms with van der Waals surface area (Å²) in [6, 6.07) is 0.467. The molecule has 2 fully saturated rings. The van der Waals surface area contributed by atoms with Crippen molar-refractivity contribution in [2.45, 2.75) is 44.7 Å². The fourth-order valence-electron chi connectivity index (χ4n) is 2.04. The molecule has 0 aromatic heterocycles. The maximum absolute atomic E-state index is 11.4. The Bertz CT molecular complexity index is 209. The van der Waals surface area contributed by atoms with Crippen molar-refractivity contribution < 1.29 is 4.79 Å². The topological polar surface area (TPSA) is 32.3 Å². The maximum atomic E-state index is 11.4. The van der Waals surface area contributed by atoms with Crippen LogP contribution in [0.25, 0.3) is 0 Å². The summed E-state index contributed by atoms with van der Waals surface area (Å²) in [7, 11) is 0. The maximum Gasteiger partial charge on any atom is 0.318 e. The van der Waals surface area contributed by atoms with Crippen molar-refractivity contribution in [1.29, 1.82) is 0 Å². The van der Waals surface area contributed by atoms with Gasteiger partial charge in [-0.3, -0.25) is 0 Å². The van der Waals surface area contributed by atoms with Gasteiger partial charge in [-0.25, -0.2) is 4.79 Å². The zero-order chi connectivity index (χ0) is 8.77. The number of urea groups is 1. The van der Waals surface area contributed by atoms with Crippen molar-refractivity contribution in [1.82, 2.24) is 10.2 Å². The Kier molecular flexibility index (Phi) is 1.56. The Hall–Kier alpha value is -0.730. The van der Waals surface area contributed by atoms with Gasteiger partial charge in [0.25, 0.3) is 0 Å². The van der Waals surface area contributed by atoms with E-state index in [1.807, 2.05) is 4.90 Å². The highest BCUT2D eigenvalue weighted by Crippen LogP contribution is 2.36. The standard InChI is InChI=1S/C9H16N2O/c1-7(2)11-6-9(4-3-5-9)10-8(11)12/h7H,3-6H2,1-2H3,(H,10,12). The van der Waals surface area contributed by atoms with E-state index in [9.17, 15) is 4.79 Å². The fraction of sp³-hybridized carbons (Fsp3) is 0.889. The van der Waals surface area contributed by atoms with Gasteiger partial charge in [0.1, 0.15) is 0 Å². The van der Waals surface area contributed by atoms with Crippen molar-refractivity contribution in [3.63, 3.8) is 0 Å². The minimum absolute atomic E-state index is 0.129. The summed E-state index contributed by atoms with van der Waals surface area (Å²) in [6.07, 6.45) is 3.61. The molecule has 3 heteroatoms. The first-order valence-electron chi connectivity index (χ1n) is 4.72. The van der Waals surface area contributed by atoms with E-state index in [0.717, 1.165) is 6.54 Å². The first-order chi connectivity index (χ1) is 5.63. The SMILES string of the molecule is CC(C)N1CC2(CCC2)NC1=O. The molecule has 12 heavy (non-hydrogen) atoms. The van der Waals surface area contributed by atoms with Gasteiger partial charge in [0.05, 0.1) is 5.54 Å². The van der Waals surface area contributed by atoms with E-state index in [-0.39, 0.29) is 11.6 Å². The molecular formula is C9H16N2O. The molecule has 2 rings (SSSR count). The van der Waals surface area contributed by atoms with Gasteiger partial charge in [-0.15, -0.1) is 0 Å². The third kappa shape index (κ3) is 0.993. The molecule has 1 spiro atoms. The van der Waals surface area contributed by atoms with Crippen LogP contribution >= 0.6 is 0 Å². The minimum atomic E-state index is 0.129. The fourth-order valence-corrected chi connectivity index (χ4v) is 2.04. The second-order valence-electron chi connectivity index (χ2n) is 4.29. The summed E-state index contributed by atoms with van der Waals surface area (Å²) in [5, 5.41) is 3.09. The first kappa shape index (κ1) is 7.90. The van der Waals surface area contributed by atoms with Gasteiger partial charge in [0.15, 0.2) is 0 Å². The van der Waals surface area contributed by atoms with E-state index >= 15 is 0 Å². The average Bonchev–Trinajstić information content (AvgIpc) is 2.26. The molecule has 1 saturated carbocycles. The monoisotopic (exact) mass is 168 g/mol. The predicted molar refractivity (Wildman–Crippen MR) is 47.0 cm³/mol. The van der Waals surface area contributed by atoms with E-state index in [0.29, 0.717) is 6.04 Å². The van der Waals surface area contributed by atoms with Crippen LogP contribution in [0.2, 0.25) is 0 Å². The molecule has 68 valence electrons. The highest BCUT2D eigenvalue weighted by molar-refractivity contribution is 5.78. The zero-order valence-corrected chi connectivity index (χ0v) is 7.76. The molecule has 1 heterocycles. The summed E-state index contributed by atoms with van der Waals surface area (Å²) in [5.41, 5.74) is 0.168. The number of nitrogens with one attached hydrogen (secondary N) is 1. The number of carbonyl (C=O) groups is 1. The molecule has 2 amide bonds. The third-order valence-corrected chi connectivity index (χ3v) is 3.04. The summed E-state index contributed by atoms with van der Waals surface area (Å²) in [5.74, 6) is 0. The largest absolute Gasteiger partial charge is 0.331 e. The van der Waals surface area contributed by atoms with Crippen LogP contribution in [0.5, 0.6) is 0 Å². The third-order valence-electron chi connectivity index (χ3n) is 3.04.